The molecule has 14 heavy (non-hydrogen) atoms. The predicted molar refractivity (Wildman–Crippen MR) is 57.0 cm³/mol. The van der Waals surface area contributed by atoms with E-state index in [1.54, 1.807) is 16.2 Å². The third-order valence-corrected chi connectivity index (χ3v) is 3.69. The average Bonchev–Trinajstić information content (AvgIpc) is 2.65. The molecule has 2 atom stereocenters. The van der Waals surface area contributed by atoms with Crippen molar-refractivity contribution in [2.75, 3.05) is 7.05 Å². The van der Waals surface area contributed by atoms with Crippen LogP contribution in [0.3, 0.4) is 0 Å². The Morgan fingerprint density at radius 1 is 1.64 bits per heavy atom. The van der Waals surface area contributed by atoms with Gasteiger partial charge in [0.2, 0.25) is 5.91 Å². The molecule has 1 saturated heterocycles. The highest BCUT2D eigenvalue weighted by atomic mass is 32.1. The maximum atomic E-state index is 11.5. The van der Waals surface area contributed by atoms with E-state index in [-0.39, 0.29) is 18.0 Å². The fraction of sp³-hybridized carbons (Fsp3) is 0.500. The first kappa shape index (κ1) is 9.68. The van der Waals surface area contributed by atoms with Crippen LogP contribution in [0.15, 0.2) is 17.5 Å². The Balaban J connectivity index is 2.26. The fourth-order valence-corrected chi connectivity index (χ4v) is 2.87. The number of thiophene rings is 1. The lowest BCUT2D eigenvalue weighted by Crippen LogP contribution is -2.46. The van der Waals surface area contributed by atoms with Crippen LogP contribution in [-0.4, -0.2) is 23.9 Å². The van der Waals surface area contributed by atoms with Crippen molar-refractivity contribution in [2.24, 2.45) is 5.73 Å². The molecular formula is C10H14N2OS. The molecule has 1 fully saturated rings. The Morgan fingerprint density at radius 3 is 3.07 bits per heavy atom. The van der Waals surface area contributed by atoms with E-state index < -0.39 is 0 Å². The van der Waals surface area contributed by atoms with E-state index >= 15 is 0 Å². The van der Waals surface area contributed by atoms with Crippen LogP contribution in [0.2, 0.25) is 0 Å². The topological polar surface area (TPSA) is 46.3 Å². The molecule has 1 amide bonds. The molecule has 1 aromatic rings. The van der Waals surface area contributed by atoms with E-state index in [4.69, 9.17) is 5.73 Å². The van der Waals surface area contributed by atoms with Gasteiger partial charge in [-0.15, -0.1) is 11.3 Å². The standard InChI is InChI=1S/C10H14N2OS/c1-12-9(13)5-4-7(11)10(12)8-3-2-6-14-8/h2-3,6-7,10H,4-5,11H2,1H3. The molecule has 0 aromatic carbocycles. The van der Waals surface area contributed by atoms with E-state index in [0.717, 1.165) is 6.42 Å². The van der Waals surface area contributed by atoms with Crippen LogP contribution in [0, 0.1) is 0 Å². The number of nitrogens with two attached hydrogens (primary N) is 1. The summed E-state index contributed by atoms with van der Waals surface area (Å²) < 4.78 is 0. The zero-order chi connectivity index (χ0) is 10.1. The Morgan fingerprint density at radius 2 is 2.43 bits per heavy atom. The molecule has 1 aromatic heterocycles. The molecule has 0 radical (unpaired) electrons. The molecule has 3 nitrogen and oxygen atoms in total. The van der Waals surface area contributed by atoms with Crippen LogP contribution in [0.4, 0.5) is 0 Å². The van der Waals surface area contributed by atoms with Crippen molar-refractivity contribution in [3.63, 3.8) is 0 Å². The van der Waals surface area contributed by atoms with E-state index in [0.29, 0.717) is 6.42 Å². The van der Waals surface area contributed by atoms with Crippen molar-refractivity contribution >= 4 is 17.2 Å². The number of carbonyl (C=O) groups excluding carboxylic acids is 1. The molecule has 2 rings (SSSR count). The highest BCUT2D eigenvalue weighted by Crippen LogP contribution is 2.31. The van der Waals surface area contributed by atoms with Gasteiger partial charge in [0.05, 0.1) is 6.04 Å². The summed E-state index contributed by atoms with van der Waals surface area (Å²) in [6.07, 6.45) is 1.38. The van der Waals surface area contributed by atoms with Gasteiger partial charge in [-0.1, -0.05) is 6.07 Å². The Labute approximate surface area is 87.5 Å². The summed E-state index contributed by atoms with van der Waals surface area (Å²) in [6, 6.07) is 4.21. The SMILES string of the molecule is CN1C(=O)CCC(N)C1c1cccs1. The summed E-state index contributed by atoms with van der Waals surface area (Å²) in [5.74, 6) is 0.199. The van der Waals surface area contributed by atoms with Gasteiger partial charge in [0.1, 0.15) is 0 Å². The fourth-order valence-electron chi connectivity index (χ4n) is 1.93. The second-order valence-corrected chi connectivity index (χ2v) is 4.65. The lowest BCUT2D eigenvalue weighted by atomic mass is 9.96. The van der Waals surface area contributed by atoms with Crippen LogP contribution in [0.25, 0.3) is 0 Å². The van der Waals surface area contributed by atoms with Gasteiger partial charge in [0.25, 0.3) is 0 Å². The van der Waals surface area contributed by atoms with Crippen molar-refractivity contribution in [2.45, 2.75) is 24.9 Å². The van der Waals surface area contributed by atoms with Crippen molar-refractivity contribution in [3.05, 3.63) is 22.4 Å². The van der Waals surface area contributed by atoms with Gasteiger partial charge in [-0.05, 0) is 17.9 Å². The first-order valence-corrected chi connectivity index (χ1v) is 5.63. The Bertz CT molecular complexity index is 323. The van der Waals surface area contributed by atoms with E-state index in [1.807, 2.05) is 24.6 Å². The first-order valence-electron chi connectivity index (χ1n) is 4.75. The number of rotatable bonds is 1. The zero-order valence-corrected chi connectivity index (χ0v) is 8.96. The van der Waals surface area contributed by atoms with Gasteiger partial charge in [-0.3, -0.25) is 4.79 Å². The third kappa shape index (κ3) is 1.55. The summed E-state index contributed by atoms with van der Waals surface area (Å²) in [4.78, 5) is 14.5. The van der Waals surface area contributed by atoms with Gasteiger partial charge in [-0.25, -0.2) is 0 Å². The molecule has 2 unspecified atom stereocenters. The molecule has 1 aliphatic heterocycles. The quantitative estimate of drug-likeness (QED) is 0.761. The summed E-state index contributed by atoms with van der Waals surface area (Å²) in [5, 5.41) is 2.02. The van der Waals surface area contributed by atoms with Crippen molar-refractivity contribution in [1.29, 1.82) is 0 Å². The van der Waals surface area contributed by atoms with E-state index in [2.05, 4.69) is 0 Å². The lowest BCUT2D eigenvalue weighted by Gasteiger charge is -2.36. The normalized spacial score (nSPS) is 28.1. The Kier molecular flexibility index (Phi) is 2.56. The summed E-state index contributed by atoms with van der Waals surface area (Å²) in [5.41, 5.74) is 6.04. The lowest BCUT2D eigenvalue weighted by molar-refractivity contribution is -0.135. The third-order valence-electron chi connectivity index (χ3n) is 2.74. The highest BCUT2D eigenvalue weighted by Gasteiger charge is 2.32. The number of piperidine rings is 1. The van der Waals surface area contributed by atoms with Gasteiger partial charge >= 0.3 is 0 Å². The van der Waals surface area contributed by atoms with Gasteiger partial charge in [0.15, 0.2) is 0 Å². The number of hydrogen-bond donors (Lipinski definition) is 1. The first-order chi connectivity index (χ1) is 6.70. The molecule has 0 aliphatic carbocycles. The van der Waals surface area contributed by atoms with E-state index in [9.17, 15) is 4.79 Å². The van der Waals surface area contributed by atoms with Crippen LogP contribution in [0.1, 0.15) is 23.8 Å². The van der Waals surface area contributed by atoms with Crippen LogP contribution in [-0.2, 0) is 4.79 Å². The van der Waals surface area contributed by atoms with Crippen molar-refractivity contribution < 1.29 is 4.79 Å². The molecule has 1 aliphatic rings. The number of amides is 1. The maximum Gasteiger partial charge on any atom is 0.222 e. The van der Waals surface area contributed by atoms with Crippen LogP contribution in [0.5, 0.6) is 0 Å². The second kappa shape index (κ2) is 3.71. The van der Waals surface area contributed by atoms with Crippen molar-refractivity contribution in [3.8, 4) is 0 Å². The van der Waals surface area contributed by atoms with Gasteiger partial charge in [0, 0.05) is 24.4 Å². The number of likely N-dealkylation sites (N-methyl/N-ethyl adjacent to an activating group) is 1. The van der Waals surface area contributed by atoms with E-state index in [1.165, 1.54) is 4.88 Å². The molecule has 0 bridgehead atoms. The van der Waals surface area contributed by atoms with Crippen molar-refractivity contribution in [1.82, 2.24) is 4.90 Å². The molecule has 76 valence electrons. The molecular weight excluding hydrogens is 196 g/mol. The van der Waals surface area contributed by atoms with Crippen LogP contribution >= 0.6 is 11.3 Å². The monoisotopic (exact) mass is 210 g/mol. The minimum Gasteiger partial charge on any atom is -0.336 e. The number of hydrogen-bond acceptors (Lipinski definition) is 3. The molecule has 4 heteroatoms. The average molecular weight is 210 g/mol. The highest BCUT2D eigenvalue weighted by molar-refractivity contribution is 7.10. The number of carbonyl (C=O) groups is 1. The molecule has 0 spiro atoms. The number of nitrogens with zero attached hydrogens (tertiary/aromatic N) is 1. The molecule has 2 heterocycles. The maximum absolute atomic E-state index is 11.5. The largest absolute Gasteiger partial charge is 0.336 e. The summed E-state index contributed by atoms with van der Waals surface area (Å²) in [6.45, 7) is 0. The number of likely N-dealkylation sites (tertiary alicyclic amines) is 1. The smallest absolute Gasteiger partial charge is 0.222 e. The minimum atomic E-state index is 0.0799. The molecule has 0 saturated carbocycles. The van der Waals surface area contributed by atoms with Gasteiger partial charge < -0.3 is 10.6 Å². The second-order valence-electron chi connectivity index (χ2n) is 3.67. The zero-order valence-electron chi connectivity index (χ0n) is 8.14. The predicted octanol–water partition coefficient (Wildman–Crippen LogP) is 1.37. The van der Waals surface area contributed by atoms with Crippen LogP contribution < -0.4 is 5.73 Å². The Hall–Kier alpha value is -0.870. The van der Waals surface area contributed by atoms with Gasteiger partial charge in [-0.2, -0.15) is 0 Å². The minimum absolute atomic E-state index is 0.0799. The summed E-state index contributed by atoms with van der Waals surface area (Å²) in [7, 11) is 1.84. The summed E-state index contributed by atoms with van der Waals surface area (Å²) >= 11 is 1.67. The molecule has 2 N–H and O–H groups in total.